The molecule has 0 saturated carbocycles. The molecular weight excluding hydrogens is 322 g/mol. The van der Waals surface area contributed by atoms with Gasteiger partial charge in [-0.15, -0.1) is 0 Å². The van der Waals surface area contributed by atoms with Crippen molar-refractivity contribution in [3.63, 3.8) is 0 Å². The monoisotopic (exact) mass is 325 g/mol. The van der Waals surface area contributed by atoms with Gasteiger partial charge in [0.1, 0.15) is 5.56 Å². The standard InChI is InChI=1S/C10H4Cl2F3N3O2/c11-4-1-6(12)8(16-2-4)18-7(10(13,14)15)5(3-17-18)9(19)20/h1-3H,(H,19,20). The van der Waals surface area contributed by atoms with Crippen LogP contribution in [0.1, 0.15) is 16.1 Å². The minimum atomic E-state index is -4.94. The van der Waals surface area contributed by atoms with E-state index in [1.54, 1.807) is 0 Å². The molecule has 0 aromatic carbocycles. The highest BCUT2D eigenvalue weighted by molar-refractivity contribution is 6.35. The van der Waals surface area contributed by atoms with Crippen LogP contribution in [0.4, 0.5) is 13.2 Å². The molecule has 20 heavy (non-hydrogen) atoms. The van der Waals surface area contributed by atoms with Crippen LogP contribution in [0.2, 0.25) is 10.0 Å². The van der Waals surface area contributed by atoms with Crippen molar-refractivity contribution >= 4 is 29.2 Å². The summed E-state index contributed by atoms with van der Waals surface area (Å²) in [5.74, 6) is -2.12. The second kappa shape index (κ2) is 4.95. The highest BCUT2D eigenvalue weighted by Crippen LogP contribution is 2.34. The zero-order valence-corrected chi connectivity index (χ0v) is 10.8. The summed E-state index contributed by atoms with van der Waals surface area (Å²) in [6.07, 6.45) is -3.28. The number of alkyl halides is 3. The molecule has 0 amide bonds. The maximum atomic E-state index is 13.0. The van der Waals surface area contributed by atoms with E-state index in [1.165, 1.54) is 6.07 Å². The van der Waals surface area contributed by atoms with E-state index >= 15 is 0 Å². The van der Waals surface area contributed by atoms with Crippen LogP contribution in [0.5, 0.6) is 0 Å². The van der Waals surface area contributed by atoms with Crippen LogP contribution < -0.4 is 0 Å². The van der Waals surface area contributed by atoms with Crippen LogP contribution in [0, 0.1) is 0 Å². The SMILES string of the molecule is O=C(O)c1cnn(-c2ncc(Cl)cc2Cl)c1C(F)(F)F. The van der Waals surface area contributed by atoms with Gasteiger partial charge in [-0.3, -0.25) is 0 Å². The Morgan fingerprint density at radius 3 is 2.45 bits per heavy atom. The van der Waals surface area contributed by atoms with Gasteiger partial charge in [0.2, 0.25) is 0 Å². The fourth-order valence-corrected chi connectivity index (χ4v) is 1.96. The molecule has 0 radical (unpaired) electrons. The molecule has 106 valence electrons. The zero-order chi connectivity index (χ0) is 15.1. The Hall–Kier alpha value is -1.80. The molecular formula is C10H4Cl2F3N3O2. The molecule has 10 heteroatoms. The number of aromatic nitrogens is 3. The molecule has 0 atom stereocenters. The van der Waals surface area contributed by atoms with Crippen molar-refractivity contribution in [2.24, 2.45) is 0 Å². The maximum Gasteiger partial charge on any atom is 0.434 e. The van der Waals surface area contributed by atoms with Crippen molar-refractivity contribution in [1.82, 2.24) is 14.8 Å². The molecule has 0 unspecified atom stereocenters. The van der Waals surface area contributed by atoms with E-state index in [-0.39, 0.29) is 15.9 Å². The molecule has 0 aliphatic carbocycles. The molecule has 0 saturated heterocycles. The molecule has 0 bridgehead atoms. The summed E-state index contributed by atoms with van der Waals surface area (Å²) in [6, 6.07) is 1.17. The van der Waals surface area contributed by atoms with Gasteiger partial charge in [-0.25, -0.2) is 14.5 Å². The summed E-state index contributed by atoms with van der Waals surface area (Å²) in [4.78, 5) is 14.5. The van der Waals surface area contributed by atoms with Crippen LogP contribution >= 0.6 is 23.2 Å². The predicted molar refractivity (Wildman–Crippen MR) is 63.3 cm³/mol. The Kier molecular flexibility index (Phi) is 3.61. The average molecular weight is 326 g/mol. The summed E-state index contributed by atoms with van der Waals surface area (Å²) in [5, 5.41) is 12.1. The topological polar surface area (TPSA) is 68.0 Å². The number of rotatable bonds is 2. The van der Waals surface area contributed by atoms with E-state index in [1.807, 2.05) is 0 Å². The van der Waals surface area contributed by atoms with Crippen LogP contribution in [0.25, 0.3) is 5.82 Å². The molecule has 0 aliphatic rings. The van der Waals surface area contributed by atoms with Gasteiger partial charge >= 0.3 is 12.1 Å². The smallest absolute Gasteiger partial charge is 0.434 e. The molecule has 0 spiro atoms. The molecule has 0 aliphatic heterocycles. The minimum absolute atomic E-state index is 0.123. The number of carbonyl (C=O) groups is 1. The largest absolute Gasteiger partial charge is 0.478 e. The minimum Gasteiger partial charge on any atom is -0.478 e. The van der Waals surface area contributed by atoms with E-state index in [0.29, 0.717) is 10.9 Å². The lowest BCUT2D eigenvalue weighted by atomic mass is 10.2. The van der Waals surface area contributed by atoms with Crippen molar-refractivity contribution in [2.45, 2.75) is 6.18 Å². The highest BCUT2D eigenvalue weighted by Gasteiger charge is 2.41. The second-order valence-corrected chi connectivity index (χ2v) is 4.42. The van der Waals surface area contributed by atoms with Gasteiger partial charge in [-0.05, 0) is 6.07 Å². The number of nitrogens with zero attached hydrogens (tertiary/aromatic N) is 3. The Bertz CT molecular complexity index is 685. The lowest BCUT2D eigenvalue weighted by Gasteiger charge is -2.11. The predicted octanol–water partition coefficient (Wildman–Crippen LogP) is 3.29. The van der Waals surface area contributed by atoms with Gasteiger partial charge in [0.15, 0.2) is 11.5 Å². The first kappa shape index (κ1) is 14.6. The molecule has 2 aromatic heterocycles. The average Bonchev–Trinajstić information content (AvgIpc) is 2.73. The zero-order valence-electron chi connectivity index (χ0n) is 9.32. The third-order valence-corrected chi connectivity index (χ3v) is 2.74. The Morgan fingerprint density at radius 1 is 1.30 bits per heavy atom. The van der Waals surface area contributed by atoms with Gasteiger partial charge in [-0.1, -0.05) is 23.2 Å². The summed E-state index contributed by atoms with van der Waals surface area (Å²) in [7, 11) is 0. The molecule has 0 fully saturated rings. The number of carboxylic acid groups (broad SMARTS) is 1. The van der Waals surface area contributed by atoms with Crippen molar-refractivity contribution in [1.29, 1.82) is 0 Å². The van der Waals surface area contributed by atoms with Gasteiger partial charge < -0.3 is 5.11 Å². The van der Waals surface area contributed by atoms with Gasteiger partial charge in [0.05, 0.1) is 16.2 Å². The van der Waals surface area contributed by atoms with Crippen LogP contribution in [-0.4, -0.2) is 25.8 Å². The van der Waals surface area contributed by atoms with E-state index in [0.717, 1.165) is 6.20 Å². The Morgan fingerprint density at radius 2 is 1.95 bits per heavy atom. The third-order valence-electron chi connectivity index (χ3n) is 2.26. The van der Waals surface area contributed by atoms with E-state index in [4.69, 9.17) is 28.3 Å². The molecule has 2 aromatic rings. The third kappa shape index (κ3) is 2.56. The van der Waals surface area contributed by atoms with E-state index in [2.05, 4.69) is 10.1 Å². The van der Waals surface area contributed by atoms with E-state index < -0.39 is 23.4 Å². The maximum absolute atomic E-state index is 13.0. The van der Waals surface area contributed by atoms with Crippen LogP contribution in [0.3, 0.4) is 0 Å². The Balaban J connectivity index is 2.72. The number of hydrogen-bond donors (Lipinski definition) is 1. The van der Waals surface area contributed by atoms with Crippen LogP contribution in [-0.2, 0) is 6.18 Å². The number of halogens is 5. The fourth-order valence-electron chi connectivity index (χ4n) is 1.50. The quantitative estimate of drug-likeness (QED) is 0.919. The highest BCUT2D eigenvalue weighted by atomic mass is 35.5. The lowest BCUT2D eigenvalue weighted by Crippen LogP contribution is -2.18. The molecule has 5 nitrogen and oxygen atoms in total. The lowest BCUT2D eigenvalue weighted by molar-refractivity contribution is -0.143. The number of pyridine rings is 1. The summed E-state index contributed by atoms with van der Waals surface area (Å²) >= 11 is 11.3. The summed E-state index contributed by atoms with van der Waals surface area (Å²) < 4.78 is 39.3. The van der Waals surface area contributed by atoms with Crippen molar-refractivity contribution in [3.05, 3.63) is 39.8 Å². The molecule has 2 rings (SSSR count). The van der Waals surface area contributed by atoms with Crippen LogP contribution in [0.15, 0.2) is 18.5 Å². The molecule has 1 N–H and O–H groups in total. The number of carboxylic acids is 1. The first-order valence-electron chi connectivity index (χ1n) is 4.91. The van der Waals surface area contributed by atoms with Crippen molar-refractivity contribution in [2.75, 3.05) is 0 Å². The molecule has 2 heterocycles. The first-order chi connectivity index (χ1) is 9.21. The normalized spacial score (nSPS) is 11.7. The van der Waals surface area contributed by atoms with E-state index in [9.17, 15) is 18.0 Å². The van der Waals surface area contributed by atoms with Crippen molar-refractivity contribution < 1.29 is 23.1 Å². The van der Waals surface area contributed by atoms with Gasteiger partial charge in [0, 0.05) is 6.20 Å². The Labute approximate surface area is 119 Å². The van der Waals surface area contributed by atoms with Gasteiger partial charge in [-0.2, -0.15) is 18.3 Å². The van der Waals surface area contributed by atoms with Gasteiger partial charge in [0.25, 0.3) is 0 Å². The number of hydrogen-bond acceptors (Lipinski definition) is 3. The second-order valence-electron chi connectivity index (χ2n) is 3.58. The first-order valence-corrected chi connectivity index (χ1v) is 5.67. The van der Waals surface area contributed by atoms with Crippen molar-refractivity contribution in [3.8, 4) is 5.82 Å². The summed E-state index contributed by atoms with van der Waals surface area (Å²) in [5.41, 5.74) is -2.47. The number of aromatic carboxylic acids is 1. The summed E-state index contributed by atoms with van der Waals surface area (Å²) in [6.45, 7) is 0. The fraction of sp³-hybridized carbons (Fsp3) is 0.100.